The molecule has 1 saturated heterocycles. The van der Waals surface area contributed by atoms with Crippen LogP contribution in [0.2, 0.25) is 5.02 Å². The van der Waals surface area contributed by atoms with E-state index in [0.29, 0.717) is 23.9 Å². The first-order valence-electron chi connectivity index (χ1n) is 8.76. The highest BCUT2D eigenvalue weighted by Gasteiger charge is 2.42. The second-order valence-electron chi connectivity index (χ2n) is 6.29. The lowest BCUT2D eigenvalue weighted by Gasteiger charge is -2.15. The molecule has 0 aromatic heterocycles. The normalized spacial score (nSPS) is 17.0. The van der Waals surface area contributed by atoms with Crippen molar-refractivity contribution in [3.05, 3.63) is 59.1 Å². The first-order chi connectivity index (χ1) is 12.6. The minimum Gasteiger partial charge on any atom is -0.494 e. The fourth-order valence-electron chi connectivity index (χ4n) is 2.92. The van der Waals surface area contributed by atoms with Crippen LogP contribution in [0.15, 0.2) is 48.5 Å². The van der Waals surface area contributed by atoms with Gasteiger partial charge in [0.25, 0.3) is 5.91 Å². The van der Waals surface area contributed by atoms with Crippen molar-refractivity contribution in [1.82, 2.24) is 0 Å². The smallest absolute Gasteiger partial charge is 0.292 e. The highest BCUT2D eigenvalue weighted by Crippen LogP contribution is 2.24. The summed E-state index contributed by atoms with van der Waals surface area (Å²) in [5, 5.41) is 2.58. The van der Waals surface area contributed by atoms with Crippen molar-refractivity contribution < 1.29 is 19.6 Å². The van der Waals surface area contributed by atoms with Crippen LogP contribution in [0.1, 0.15) is 25.3 Å². The first-order valence-corrected chi connectivity index (χ1v) is 9.13. The van der Waals surface area contributed by atoms with Gasteiger partial charge in [0.1, 0.15) is 12.3 Å². The molecule has 0 unspecified atom stereocenters. The minimum absolute atomic E-state index is 0.172. The van der Waals surface area contributed by atoms with Crippen molar-refractivity contribution in [2.24, 2.45) is 0 Å². The van der Waals surface area contributed by atoms with E-state index in [-0.39, 0.29) is 18.2 Å². The van der Waals surface area contributed by atoms with E-state index in [1.54, 1.807) is 24.3 Å². The molecule has 2 aromatic rings. The molecule has 2 N–H and O–H groups in total. The van der Waals surface area contributed by atoms with Gasteiger partial charge in [-0.2, -0.15) is 0 Å². The number of rotatable bonds is 7. The number of quaternary nitrogens is 1. The minimum atomic E-state index is -0.394. The molecule has 136 valence electrons. The summed E-state index contributed by atoms with van der Waals surface area (Å²) in [7, 11) is 0. The molecule has 1 aliphatic rings. The van der Waals surface area contributed by atoms with Crippen LogP contribution in [0.3, 0.4) is 0 Å². The number of carbonyl (C=O) groups excluding carboxylic acids is 2. The van der Waals surface area contributed by atoms with Crippen molar-refractivity contribution in [2.45, 2.75) is 32.4 Å². The monoisotopic (exact) mass is 373 g/mol. The maximum absolute atomic E-state index is 12.7. The standard InChI is InChI=1S/C20H21ClN2O3/c1-2-11-26-17-9-7-16(8-10-17)23-19(24)12-18(20(23)25)22-13-14-3-5-15(21)6-4-14/h3-10,18,22H,2,11-13H2,1H3/p+1/t18-/m0/s1. The molecule has 5 nitrogen and oxygen atoms in total. The van der Waals surface area contributed by atoms with Crippen LogP contribution in [0.25, 0.3) is 0 Å². The quantitative estimate of drug-likeness (QED) is 0.758. The molecule has 3 rings (SSSR count). The van der Waals surface area contributed by atoms with Gasteiger partial charge in [0, 0.05) is 10.6 Å². The molecule has 26 heavy (non-hydrogen) atoms. The molecule has 0 radical (unpaired) electrons. The Morgan fingerprint density at radius 3 is 2.46 bits per heavy atom. The number of nitrogens with two attached hydrogens (primary N) is 1. The number of anilines is 1. The lowest BCUT2D eigenvalue weighted by molar-refractivity contribution is -0.690. The van der Waals surface area contributed by atoms with Gasteiger partial charge in [-0.15, -0.1) is 0 Å². The number of hydrogen-bond donors (Lipinski definition) is 1. The highest BCUT2D eigenvalue weighted by atomic mass is 35.5. The van der Waals surface area contributed by atoms with Crippen LogP contribution in [-0.2, 0) is 16.1 Å². The van der Waals surface area contributed by atoms with E-state index < -0.39 is 6.04 Å². The second-order valence-corrected chi connectivity index (χ2v) is 6.72. The molecule has 1 atom stereocenters. The van der Waals surface area contributed by atoms with Gasteiger partial charge in [0.15, 0.2) is 6.04 Å². The Hall–Kier alpha value is -2.37. The van der Waals surface area contributed by atoms with Crippen molar-refractivity contribution >= 4 is 29.1 Å². The van der Waals surface area contributed by atoms with Gasteiger partial charge in [-0.3, -0.25) is 9.59 Å². The summed E-state index contributed by atoms with van der Waals surface area (Å²) in [6.07, 6.45) is 1.14. The Morgan fingerprint density at radius 1 is 1.12 bits per heavy atom. The largest absolute Gasteiger partial charge is 0.494 e. The summed E-state index contributed by atoms with van der Waals surface area (Å²) >= 11 is 5.88. The fourth-order valence-corrected chi connectivity index (χ4v) is 3.05. The number of carbonyl (C=O) groups is 2. The van der Waals surface area contributed by atoms with Crippen LogP contribution < -0.4 is 15.0 Å². The first kappa shape index (κ1) is 18.4. The zero-order valence-corrected chi connectivity index (χ0v) is 15.4. The van der Waals surface area contributed by atoms with E-state index in [4.69, 9.17) is 16.3 Å². The average Bonchev–Trinajstić information content (AvgIpc) is 2.93. The summed E-state index contributed by atoms with van der Waals surface area (Å²) < 4.78 is 5.54. The summed E-state index contributed by atoms with van der Waals surface area (Å²) in [6, 6.07) is 14.2. The van der Waals surface area contributed by atoms with Gasteiger partial charge in [-0.05, 0) is 42.8 Å². The predicted molar refractivity (Wildman–Crippen MR) is 100 cm³/mol. The van der Waals surface area contributed by atoms with Gasteiger partial charge in [0.05, 0.1) is 18.7 Å². The Kier molecular flexibility index (Phi) is 5.91. The maximum Gasteiger partial charge on any atom is 0.292 e. The molecule has 0 saturated carbocycles. The Morgan fingerprint density at radius 2 is 1.81 bits per heavy atom. The topological polar surface area (TPSA) is 63.2 Å². The highest BCUT2D eigenvalue weighted by molar-refractivity contribution is 6.30. The van der Waals surface area contributed by atoms with Crippen LogP contribution in [-0.4, -0.2) is 24.5 Å². The molecule has 6 heteroatoms. The van der Waals surface area contributed by atoms with Gasteiger partial charge < -0.3 is 10.1 Å². The summed E-state index contributed by atoms with van der Waals surface area (Å²) in [6.45, 7) is 3.30. The molecule has 2 amide bonds. The van der Waals surface area contributed by atoms with Gasteiger partial charge in [-0.25, -0.2) is 4.90 Å². The molecule has 2 aromatic carbocycles. The summed E-state index contributed by atoms with van der Waals surface area (Å²) in [4.78, 5) is 26.3. The van der Waals surface area contributed by atoms with E-state index in [1.807, 2.05) is 36.5 Å². The molecular weight excluding hydrogens is 352 g/mol. The Bertz CT molecular complexity index is 775. The number of ether oxygens (including phenoxy) is 1. The van der Waals surface area contributed by atoms with Crippen molar-refractivity contribution in [1.29, 1.82) is 0 Å². The molecular formula is C20H22ClN2O3+. The lowest BCUT2D eigenvalue weighted by Crippen LogP contribution is -2.90. The van der Waals surface area contributed by atoms with E-state index in [0.717, 1.165) is 17.7 Å². The third-order valence-corrected chi connectivity index (χ3v) is 4.55. The number of nitrogens with zero attached hydrogens (tertiary/aromatic N) is 1. The number of benzene rings is 2. The molecule has 1 fully saturated rings. The maximum atomic E-state index is 12.7. The molecule has 0 spiro atoms. The lowest BCUT2D eigenvalue weighted by atomic mass is 10.2. The Labute approximate surface area is 157 Å². The van der Waals surface area contributed by atoms with Crippen LogP contribution in [0, 0.1) is 0 Å². The van der Waals surface area contributed by atoms with Crippen molar-refractivity contribution in [2.75, 3.05) is 11.5 Å². The van der Waals surface area contributed by atoms with E-state index in [9.17, 15) is 9.59 Å². The van der Waals surface area contributed by atoms with Crippen molar-refractivity contribution in [3.8, 4) is 5.75 Å². The van der Waals surface area contributed by atoms with E-state index >= 15 is 0 Å². The third kappa shape index (κ3) is 4.23. The van der Waals surface area contributed by atoms with Gasteiger partial charge in [0.2, 0.25) is 5.91 Å². The number of imide groups is 1. The summed E-state index contributed by atoms with van der Waals surface area (Å²) in [5.74, 6) is 0.390. The molecule has 0 aliphatic carbocycles. The Balaban J connectivity index is 1.63. The molecule has 1 heterocycles. The SMILES string of the molecule is CCCOc1ccc(N2C(=O)C[C@H]([NH2+]Cc3ccc(Cl)cc3)C2=O)cc1. The number of amides is 2. The second kappa shape index (κ2) is 8.34. The van der Waals surface area contributed by atoms with Crippen molar-refractivity contribution in [3.63, 3.8) is 0 Å². The average molecular weight is 374 g/mol. The third-order valence-electron chi connectivity index (χ3n) is 4.30. The summed E-state index contributed by atoms with van der Waals surface area (Å²) in [5.41, 5.74) is 1.65. The zero-order chi connectivity index (χ0) is 18.5. The molecule has 0 bridgehead atoms. The molecule has 1 aliphatic heterocycles. The fraction of sp³-hybridized carbons (Fsp3) is 0.300. The van der Waals surface area contributed by atoms with E-state index in [1.165, 1.54) is 4.90 Å². The van der Waals surface area contributed by atoms with Crippen LogP contribution >= 0.6 is 11.6 Å². The van der Waals surface area contributed by atoms with Gasteiger partial charge in [-0.1, -0.05) is 30.7 Å². The van der Waals surface area contributed by atoms with Crippen LogP contribution in [0.5, 0.6) is 5.75 Å². The van der Waals surface area contributed by atoms with Gasteiger partial charge >= 0.3 is 0 Å². The van der Waals surface area contributed by atoms with Crippen LogP contribution in [0.4, 0.5) is 5.69 Å². The predicted octanol–water partition coefficient (Wildman–Crippen LogP) is 2.52. The number of halogens is 1. The number of hydrogen-bond acceptors (Lipinski definition) is 3. The zero-order valence-electron chi connectivity index (χ0n) is 14.7. The van der Waals surface area contributed by atoms with E-state index in [2.05, 4.69) is 0 Å².